The van der Waals surface area contributed by atoms with Gasteiger partial charge in [0.2, 0.25) is 5.91 Å². The third kappa shape index (κ3) is 558. The van der Waals surface area contributed by atoms with E-state index in [2.05, 4.69) is 171 Å². The average Bonchev–Trinajstić information content (AvgIpc) is 3.63. The van der Waals surface area contributed by atoms with E-state index in [0.717, 1.165) is 43.7 Å². The number of piperidine rings is 1. The number of nitrogens with two attached hydrogens (primary N) is 8. The molecule has 0 radical (unpaired) electrons. The molecule has 1 saturated heterocycles. The zero-order valence-electron chi connectivity index (χ0n) is 62.3. The van der Waals surface area contributed by atoms with Crippen molar-refractivity contribution in [1.82, 2.24) is 23.4 Å². The SMILES string of the molecule is C=O.C=O.C=O.C=O.C=O.C=O.C=O.C=O.C=O.C=O.C=O.CC.CC.CC(=O)N1CCCCC1.CC(C)C.CC(C)O.CCC(C)C.CCC(C)C.CCc1ccccc1.CCc1ccccc1.CN.CN.CN.CN.CN.CN.CN.CN.N.N.N.[HH].[HH]. The number of hydrogen-bond donors (Lipinski definition) is 12. The van der Waals surface area contributed by atoms with Crippen molar-refractivity contribution in [3.63, 3.8) is 0 Å². The largest absolute Gasteiger partial charge is 0.394 e. The van der Waals surface area contributed by atoms with E-state index in [1.807, 2.05) is 119 Å². The minimum atomic E-state index is -0.167. The van der Waals surface area contributed by atoms with Crippen LogP contribution in [-0.2, 0) is 70.4 Å². The monoisotopic (exact) mass is 1300 g/mol. The Labute approximate surface area is 548 Å². The van der Waals surface area contributed by atoms with E-state index in [4.69, 9.17) is 57.8 Å². The maximum absolute atomic E-state index is 10.7. The van der Waals surface area contributed by atoms with Crippen molar-refractivity contribution < 1.29 is 65.5 Å². The van der Waals surface area contributed by atoms with Gasteiger partial charge in [-0.05, 0) is 131 Å². The highest BCUT2D eigenvalue weighted by Gasteiger charge is 2.11. The highest BCUT2D eigenvalue weighted by Crippen LogP contribution is 2.07. The number of amides is 1. The van der Waals surface area contributed by atoms with Gasteiger partial charge in [-0.1, -0.05) is 177 Å². The van der Waals surface area contributed by atoms with Gasteiger partial charge < -0.3 is 127 Å². The van der Waals surface area contributed by atoms with Crippen LogP contribution in [0.15, 0.2) is 60.7 Å². The van der Waals surface area contributed by atoms with Crippen LogP contribution in [-0.4, -0.2) is 166 Å². The van der Waals surface area contributed by atoms with Crippen LogP contribution >= 0.6 is 0 Å². The summed E-state index contributed by atoms with van der Waals surface area (Å²) in [6.07, 6.45) is 8.41. The van der Waals surface area contributed by atoms with Gasteiger partial charge in [-0.3, -0.25) is 4.79 Å². The number of benzene rings is 2. The summed E-state index contributed by atoms with van der Waals surface area (Å²) < 4.78 is 0. The van der Waals surface area contributed by atoms with E-state index in [9.17, 15) is 4.79 Å². The summed E-state index contributed by atoms with van der Waals surface area (Å²) in [5, 5.41) is 8.06. The van der Waals surface area contributed by atoms with Crippen LogP contribution in [0.1, 0.15) is 171 Å². The lowest BCUT2D eigenvalue weighted by molar-refractivity contribution is -0.129. The molecule has 0 unspecified atom stereocenters. The fourth-order valence-corrected chi connectivity index (χ4v) is 2.64. The Morgan fingerprint density at radius 1 is 0.386 bits per heavy atom. The van der Waals surface area contributed by atoms with Crippen molar-refractivity contribution >= 4 is 80.6 Å². The van der Waals surface area contributed by atoms with Gasteiger partial charge in [0.15, 0.2) is 0 Å². The molecule has 0 aliphatic carbocycles. The van der Waals surface area contributed by atoms with Gasteiger partial charge in [0, 0.05) is 29.0 Å². The van der Waals surface area contributed by atoms with Gasteiger partial charge in [0.25, 0.3) is 0 Å². The number of carbonyl (C=O) groups excluding carboxylic acids is 12. The third-order valence-electron chi connectivity index (χ3n) is 5.94. The molecular weight excluding hydrogens is 1130 g/mol. The summed E-state index contributed by atoms with van der Waals surface area (Å²) in [5.74, 6) is 2.83. The van der Waals surface area contributed by atoms with Crippen LogP contribution in [0.2, 0.25) is 0 Å². The van der Waals surface area contributed by atoms with E-state index < -0.39 is 0 Å². The Kier molecular flexibility index (Phi) is 797. The first-order chi connectivity index (χ1) is 41.2. The van der Waals surface area contributed by atoms with Crippen LogP contribution in [0.5, 0.6) is 0 Å². The van der Waals surface area contributed by atoms with E-state index in [1.54, 1.807) is 20.8 Å². The number of rotatable bonds is 4. The Morgan fingerprint density at radius 2 is 0.511 bits per heavy atom. The lowest BCUT2D eigenvalue weighted by Crippen LogP contribution is -2.33. The number of nitrogens with zero attached hydrogens (tertiary/aromatic N) is 1. The van der Waals surface area contributed by atoms with E-state index in [-0.39, 0.29) is 33.3 Å². The average molecular weight is 1300 g/mol. The molecule has 0 atom stereocenters. The first-order valence-electron chi connectivity index (χ1n) is 27.0. The van der Waals surface area contributed by atoms with Crippen molar-refractivity contribution in [3.05, 3.63) is 71.8 Å². The molecule has 3 rings (SSSR count). The van der Waals surface area contributed by atoms with Crippen LogP contribution in [0.4, 0.5) is 0 Å². The number of aliphatic hydroxyl groups is 1. The number of aliphatic hydroxyl groups excluding tert-OH is 1. The lowest BCUT2D eigenvalue weighted by atomic mass is 10.1. The molecule has 0 saturated carbocycles. The predicted octanol–water partition coefficient (Wildman–Crippen LogP) is 9.27. The molecule has 2 aromatic rings. The molecule has 0 aromatic heterocycles. The van der Waals surface area contributed by atoms with Crippen LogP contribution in [0.3, 0.4) is 0 Å². The second-order valence-electron chi connectivity index (χ2n) is 12.7. The molecular formula is C63H162N12O13. The van der Waals surface area contributed by atoms with Gasteiger partial charge in [-0.15, -0.1) is 0 Å². The zero-order valence-corrected chi connectivity index (χ0v) is 62.3. The van der Waals surface area contributed by atoms with E-state index >= 15 is 0 Å². The first kappa shape index (κ1) is 185. The molecule has 25 nitrogen and oxygen atoms in total. The van der Waals surface area contributed by atoms with Crippen molar-refractivity contribution in [1.29, 1.82) is 0 Å². The molecule has 0 bridgehead atoms. The first-order valence-corrected chi connectivity index (χ1v) is 27.0. The summed E-state index contributed by atoms with van der Waals surface area (Å²) in [6.45, 7) is 61.2. The number of aryl methyl sites for hydroxylation is 2. The Balaban J connectivity index is -0.0000000152. The van der Waals surface area contributed by atoms with Gasteiger partial charge >= 0.3 is 0 Å². The lowest BCUT2D eigenvalue weighted by Gasteiger charge is -2.24. The van der Waals surface area contributed by atoms with Crippen molar-refractivity contribution in [2.45, 2.75) is 176 Å². The molecule has 552 valence electrons. The standard InChI is InChI=1S/2C8H10.C7H13NO.2C5H12.C4H10.C3H8O.2C2H6.8CH5N.11CH2O.3H3N.2H2/c2*1-2-8-6-4-3-5-7-8;1-7(9)8-5-3-2-4-6-8;2*1-4-5(2)3;1-4(2)3;1-3(2)4;21*1-2;;;;;/h2*3-7H,2H2,1H3;2-6H2,1H3;2*5H,4H2,1-3H3;4H,1-3H3;3-4H,1-2H3;2*1-2H3;8*2H2,1H3;11*1H2;3*1H3;2*1H. The molecule has 88 heavy (non-hydrogen) atoms. The number of hydrogen-bond acceptors (Lipinski definition) is 24. The molecule has 0 spiro atoms. The van der Waals surface area contributed by atoms with E-state index in [1.165, 1.54) is 99.6 Å². The normalized spacial score (nSPS) is 6.78. The molecule has 1 heterocycles. The maximum atomic E-state index is 10.7. The summed E-state index contributed by atoms with van der Waals surface area (Å²) in [4.78, 5) is 101. The zero-order chi connectivity index (χ0) is 76.1. The van der Waals surface area contributed by atoms with Gasteiger partial charge in [-0.25, -0.2) is 0 Å². The highest BCUT2D eigenvalue weighted by molar-refractivity contribution is 5.73. The minimum Gasteiger partial charge on any atom is -0.394 e. The highest BCUT2D eigenvalue weighted by atomic mass is 16.3. The number of likely N-dealkylation sites (tertiary alicyclic amines) is 1. The smallest absolute Gasteiger partial charge is 0.219 e. The molecule has 1 aliphatic heterocycles. The van der Waals surface area contributed by atoms with Crippen LogP contribution in [0, 0.1) is 17.8 Å². The summed E-state index contributed by atoms with van der Waals surface area (Å²) in [7, 11) is 12.0. The second kappa shape index (κ2) is 380. The molecule has 1 amide bonds. The fraction of sp³-hybridized carbons (Fsp3) is 0.619. The van der Waals surface area contributed by atoms with Crippen molar-refractivity contribution in [3.8, 4) is 0 Å². The van der Waals surface area contributed by atoms with Crippen molar-refractivity contribution in [2.24, 2.45) is 63.6 Å². The Bertz CT molecular complexity index is 931. The maximum Gasteiger partial charge on any atom is 0.219 e. The molecule has 1 aliphatic rings. The van der Waals surface area contributed by atoms with Crippen LogP contribution in [0.25, 0.3) is 0 Å². The Morgan fingerprint density at radius 3 is 0.580 bits per heavy atom. The van der Waals surface area contributed by atoms with E-state index in [0.29, 0.717) is 0 Å². The van der Waals surface area contributed by atoms with Gasteiger partial charge in [0.1, 0.15) is 74.7 Å². The van der Waals surface area contributed by atoms with Crippen LogP contribution < -0.4 is 64.3 Å². The third-order valence-corrected chi connectivity index (χ3v) is 5.94. The molecule has 25 heteroatoms. The molecule has 2 aromatic carbocycles. The van der Waals surface area contributed by atoms with Crippen molar-refractivity contribution in [2.75, 3.05) is 69.5 Å². The fourth-order valence-electron chi connectivity index (χ4n) is 2.64. The topological polar surface area (TPSA) is 541 Å². The Hall–Kier alpha value is -6.20. The summed E-state index contributed by atoms with van der Waals surface area (Å²) in [5.41, 5.74) is 38.8. The summed E-state index contributed by atoms with van der Waals surface area (Å²) in [6, 6.07) is 20.9. The second-order valence-corrected chi connectivity index (χ2v) is 12.7. The number of carbonyl (C=O) groups is 12. The predicted molar refractivity (Wildman–Crippen MR) is 397 cm³/mol. The molecule has 1 fully saturated rings. The van der Waals surface area contributed by atoms with Gasteiger partial charge in [-0.2, -0.15) is 0 Å². The minimum absolute atomic E-state index is 0. The molecule has 26 N–H and O–H groups in total. The van der Waals surface area contributed by atoms with Gasteiger partial charge in [0.05, 0.1) is 0 Å². The quantitative estimate of drug-likeness (QED) is 0.136. The summed E-state index contributed by atoms with van der Waals surface area (Å²) >= 11 is 0.